The van der Waals surface area contributed by atoms with Gasteiger partial charge in [0.15, 0.2) is 11.5 Å². The number of carbonyl (C=O) groups is 1. The molecule has 1 amide bonds. The van der Waals surface area contributed by atoms with Crippen LogP contribution in [0, 0.1) is 5.92 Å². The summed E-state index contributed by atoms with van der Waals surface area (Å²) in [6.45, 7) is 8.16. The molecular formula is C26H37N3O3S. The Labute approximate surface area is 203 Å². The van der Waals surface area contributed by atoms with Gasteiger partial charge in [-0.25, -0.2) is 0 Å². The minimum absolute atomic E-state index is 0.0338. The summed E-state index contributed by atoms with van der Waals surface area (Å²) in [5, 5.41) is 9.65. The van der Waals surface area contributed by atoms with Gasteiger partial charge >= 0.3 is 0 Å². The normalized spacial score (nSPS) is 15.3. The SMILES string of the molecule is CC.CC/C=C(\C(=S)NC)C1=C(/C(=C/CCC)NC(=O)C2CC2)Oc2cccc(OC)c2N1. The van der Waals surface area contributed by atoms with Gasteiger partial charge in [0.1, 0.15) is 16.4 Å². The summed E-state index contributed by atoms with van der Waals surface area (Å²) in [5.74, 6) is 1.97. The number of carbonyl (C=O) groups excluding carboxylic acids is 1. The van der Waals surface area contributed by atoms with Gasteiger partial charge in [0.2, 0.25) is 5.91 Å². The van der Waals surface area contributed by atoms with Gasteiger partial charge in [0.25, 0.3) is 0 Å². The predicted octanol–water partition coefficient (Wildman–Crippen LogP) is 5.83. The van der Waals surface area contributed by atoms with Crippen LogP contribution in [0.3, 0.4) is 0 Å². The molecule has 0 saturated heterocycles. The number of likely N-dealkylation sites (N-methyl/N-ethyl adjacent to an activating group) is 1. The molecule has 1 aliphatic heterocycles. The molecule has 0 atom stereocenters. The van der Waals surface area contributed by atoms with Gasteiger partial charge in [-0.3, -0.25) is 4.79 Å². The number of rotatable bonds is 9. The molecule has 1 aromatic carbocycles. The first-order valence-corrected chi connectivity index (χ1v) is 12.2. The number of nitrogens with one attached hydrogen (secondary N) is 3. The summed E-state index contributed by atoms with van der Waals surface area (Å²) < 4.78 is 11.9. The lowest BCUT2D eigenvalue weighted by molar-refractivity contribution is -0.121. The van der Waals surface area contributed by atoms with Crippen LogP contribution in [0.15, 0.2) is 53.1 Å². The highest BCUT2D eigenvalue weighted by Crippen LogP contribution is 2.42. The van der Waals surface area contributed by atoms with Crippen molar-refractivity contribution < 1.29 is 14.3 Å². The molecule has 1 saturated carbocycles. The van der Waals surface area contributed by atoms with E-state index in [0.29, 0.717) is 33.6 Å². The number of para-hydroxylation sites is 1. The highest BCUT2D eigenvalue weighted by Gasteiger charge is 2.33. The molecule has 0 aromatic heterocycles. The fourth-order valence-corrected chi connectivity index (χ4v) is 3.51. The standard InChI is InChI=1S/C24H31N3O3S.C2H6/c1-5-7-10-17(26-23(28)15-13-14-15)22-20(16(9-6-2)24(31)25-3)27-21-18(29-4)11-8-12-19(21)30-22;1-2/h8-12,15,27H,5-7,13-14H2,1-4H3,(H,25,31)(H,26,28);1-2H3/b16-9-,17-10-;. The first-order chi connectivity index (χ1) is 16.0. The maximum absolute atomic E-state index is 12.6. The van der Waals surface area contributed by atoms with Gasteiger partial charge in [-0.2, -0.15) is 0 Å². The third-order valence-electron chi connectivity index (χ3n) is 5.13. The van der Waals surface area contributed by atoms with Crippen LogP contribution in [0.2, 0.25) is 0 Å². The van der Waals surface area contributed by atoms with Crippen LogP contribution in [0.4, 0.5) is 5.69 Å². The van der Waals surface area contributed by atoms with Crippen LogP contribution in [0.25, 0.3) is 0 Å². The zero-order valence-electron chi connectivity index (χ0n) is 20.6. The van der Waals surface area contributed by atoms with E-state index in [1.807, 2.05) is 44.2 Å². The quantitative estimate of drug-likeness (QED) is 0.311. The number of hydrogen-bond donors (Lipinski definition) is 3. The number of allylic oxidation sites excluding steroid dienone is 2. The number of hydrogen-bond acceptors (Lipinski definition) is 5. The Bertz CT molecular complexity index is 946. The zero-order valence-corrected chi connectivity index (χ0v) is 21.4. The minimum Gasteiger partial charge on any atom is -0.494 e. The van der Waals surface area contributed by atoms with E-state index in [1.165, 1.54) is 0 Å². The van der Waals surface area contributed by atoms with Crippen LogP contribution in [0.1, 0.15) is 59.8 Å². The lowest BCUT2D eigenvalue weighted by Crippen LogP contribution is -2.31. The molecule has 1 fully saturated rings. The van der Waals surface area contributed by atoms with E-state index >= 15 is 0 Å². The number of anilines is 1. The van der Waals surface area contributed by atoms with E-state index in [1.54, 1.807) is 14.2 Å². The molecule has 0 unspecified atom stereocenters. The summed E-state index contributed by atoms with van der Waals surface area (Å²) in [7, 11) is 3.42. The Kier molecular flexibility index (Phi) is 10.5. The van der Waals surface area contributed by atoms with Gasteiger partial charge in [0, 0.05) is 18.5 Å². The molecule has 6 nitrogen and oxygen atoms in total. The first kappa shape index (κ1) is 26.5. The van der Waals surface area contributed by atoms with E-state index in [9.17, 15) is 4.79 Å². The van der Waals surface area contributed by atoms with Gasteiger partial charge in [0.05, 0.1) is 18.5 Å². The number of ether oxygens (including phenoxy) is 2. The van der Waals surface area contributed by atoms with E-state index in [4.69, 9.17) is 21.7 Å². The molecule has 0 spiro atoms. The second-order valence-electron chi connectivity index (χ2n) is 7.54. The Morgan fingerprint density at radius 3 is 2.58 bits per heavy atom. The molecule has 2 aliphatic rings. The summed E-state index contributed by atoms with van der Waals surface area (Å²) >= 11 is 5.60. The second kappa shape index (κ2) is 13.0. The Balaban J connectivity index is 0.00000187. The van der Waals surface area contributed by atoms with Crippen molar-refractivity contribution in [1.29, 1.82) is 0 Å². The fourth-order valence-electron chi connectivity index (χ4n) is 3.33. The topological polar surface area (TPSA) is 71.6 Å². The first-order valence-electron chi connectivity index (χ1n) is 11.8. The van der Waals surface area contributed by atoms with Gasteiger partial charge in [-0.05, 0) is 37.8 Å². The summed E-state index contributed by atoms with van der Waals surface area (Å²) in [6, 6.07) is 5.63. The van der Waals surface area contributed by atoms with Crippen molar-refractivity contribution in [1.82, 2.24) is 10.6 Å². The molecular weight excluding hydrogens is 434 g/mol. The highest BCUT2D eigenvalue weighted by molar-refractivity contribution is 7.80. The maximum atomic E-state index is 12.6. The summed E-state index contributed by atoms with van der Waals surface area (Å²) in [6.07, 6.45) is 8.49. The number of methoxy groups -OCH3 is 1. The molecule has 1 aromatic rings. The minimum atomic E-state index is 0.0338. The average Bonchev–Trinajstić information content (AvgIpc) is 3.70. The van der Waals surface area contributed by atoms with E-state index in [2.05, 4.69) is 29.8 Å². The van der Waals surface area contributed by atoms with Crippen molar-refractivity contribution in [2.24, 2.45) is 5.92 Å². The average molecular weight is 472 g/mol. The van der Waals surface area contributed by atoms with Crippen LogP contribution in [-0.4, -0.2) is 25.1 Å². The van der Waals surface area contributed by atoms with E-state index in [-0.39, 0.29) is 11.8 Å². The van der Waals surface area contributed by atoms with E-state index in [0.717, 1.165) is 43.4 Å². The molecule has 7 heteroatoms. The van der Waals surface area contributed by atoms with Crippen molar-refractivity contribution >= 4 is 28.8 Å². The van der Waals surface area contributed by atoms with Crippen LogP contribution in [-0.2, 0) is 4.79 Å². The number of amides is 1. The molecule has 1 heterocycles. The Hall–Kier alpha value is -2.80. The molecule has 3 rings (SSSR count). The molecule has 1 aliphatic carbocycles. The van der Waals surface area contributed by atoms with E-state index < -0.39 is 0 Å². The Morgan fingerprint density at radius 2 is 2.00 bits per heavy atom. The van der Waals surface area contributed by atoms with Crippen LogP contribution < -0.4 is 25.4 Å². The maximum Gasteiger partial charge on any atom is 0.227 e. The van der Waals surface area contributed by atoms with Crippen molar-refractivity contribution in [3.8, 4) is 11.5 Å². The Morgan fingerprint density at radius 1 is 1.27 bits per heavy atom. The van der Waals surface area contributed by atoms with Crippen molar-refractivity contribution in [3.05, 3.63) is 53.1 Å². The number of thiocarbonyl (C=S) groups is 1. The number of unbranched alkanes of at least 4 members (excludes halogenated alkanes) is 1. The predicted molar refractivity (Wildman–Crippen MR) is 140 cm³/mol. The monoisotopic (exact) mass is 471 g/mol. The fraction of sp³-hybridized carbons (Fsp3) is 0.462. The molecule has 0 radical (unpaired) electrons. The van der Waals surface area contributed by atoms with Gasteiger partial charge in [-0.1, -0.05) is 64.6 Å². The number of fused-ring (bicyclic) bond motifs is 1. The molecule has 3 N–H and O–H groups in total. The van der Waals surface area contributed by atoms with Gasteiger partial charge in [-0.15, -0.1) is 0 Å². The lowest BCUT2D eigenvalue weighted by atomic mass is 10.0. The second-order valence-corrected chi connectivity index (χ2v) is 7.95. The largest absolute Gasteiger partial charge is 0.494 e. The molecule has 180 valence electrons. The van der Waals surface area contributed by atoms with Crippen LogP contribution in [0.5, 0.6) is 11.5 Å². The molecule has 0 bridgehead atoms. The summed E-state index contributed by atoms with van der Waals surface area (Å²) in [5.41, 5.74) is 2.91. The zero-order chi connectivity index (χ0) is 24.4. The summed E-state index contributed by atoms with van der Waals surface area (Å²) in [4.78, 5) is 13.2. The third-order valence-corrected chi connectivity index (χ3v) is 5.56. The number of benzene rings is 1. The van der Waals surface area contributed by atoms with Gasteiger partial charge < -0.3 is 25.4 Å². The smallest absolute Gasteiger partial charge is 0.227 e. The van der Waals surface area contributed by atoms with Crippen molar-refractivity contribution in [2.45, 2.75) is 59.8 Å². The van der Waals surface area contributed by atoms with Crippen molar-refractivity contribution in [2.75, 3.05) is 19.5 Å². The van der Waals surface area contributed by atoms with Crippen molar-refractivity contribution in [3.63, 3.8) is 0 Å². The highest BCUT2D eigenvalue weighted by atomic mass is 32.1. The molecule has 33 heavy (non-hydrogen) atoms. The van der Waals surface area contributed by atoms with Crippen LogP contribution >= 0.6 is 12.2 Å². The third kappa shape index (κ3) is 6.60. The lowest BCUT2D eigenvalue weighted by Gasteiger charge is -2.29.